The smallest absolute Gasteiger partial charge is 0.317 e. The Balaban J connectivity index is 1.29. The maximum atomic E-state index is 11.0. The fourth-order valence-electron chi connectivity index (χ4n) is 5.61. The Morgan fingerprint density at radius 3 is 2.42 bits per heavy atom. The van der Waals surface area contributed by atoms with Crippen LogP contribution in [0.3, 0.4) is 0 Å². The lowest BCUT2D eigenvalue weighted by atomic mass is 9.96. The quantitative estimate of drug-likeness (QED) is 0.242. The summed E-state index contributed by atoms with van der Waals surface area (Å²) in [6.07, 6.45) is 8.21. The molecule has 1 aromatic carbocycles. The van der Waals surface area contributed by atoms with Gasteiger partial charge in [0, 0.05) is 48.2 Å². The molecule has 0 radical (unpaired) electrons. The average molecular weight is 593 g/mol. The number of benzene rings is 1. The lowest BCUT2D eigenvalue weighted by molar-refractivity contribution is -0.138. The Hall–Kier alpha value is -4.66. The highest BCUT2D eigenvalue weighted by Gasteiger charge is 2.25. The van der Waals surface area contributed by atoms with Crippen LogP contribution >= 0.6 is 11.3 Å². The maximum Gasteiger partial charge on any atom is 0.317 e. The van der Waals surface area contributed by atoms with Crippen LogP contribution in [0.15, 0.2) is 55.0 Å². The molecule has 0 aliphatic carbocycles. The van der Waals surface area contributed by atoms with Gasteiger partial charge in [-0.2, -0.15) is 5.26 Å². The predicted octanol–water partition coefficient (Wildman–Crippen LogP) is 5.69. The summed E-state index contributed by atoms with van der Waals surface area (Å²) in [6.45, 7) is 5.67. The van der Waals surface area contributed by atoms with E-state index >= 15 is 0 Å². The van der Waals surface area contributed by atoms with Gasteiger partial charge in [-0.3, -0.25) is 14.1 Å². The van der Waals surface area contributed by atoms with E-state index in [4.69, 9.17) is 25.0 Å². The van der Waals surface area contributed by atoms with Crippen molar-refractivity contribution in [1.82, 2.24) is 29.2 Å². The van der Waals surface area contributed by atoms with E-state index < -0.39 is 5.97 Å². The van der Waals surface area contributed by atoms with E-state index in [-0.39, 0.29) is 12.5 Å². The molecule has 11 heteroatoms. The first-order valence-electron chi connectivity index (χ1n) is 14.3. The number of likely N-dealkylation sites (tertiary alicyclic amines) is 1. The number of aryl methyl sites for hydroxylation is 2. The largest absolute Gasteiger partial charge is 0.480 e. The predicted molar refractivity (Wildman–Crippen MR) is 167 cm³/mol. The highest BCUT2D eigenvalue weighted by Crippen LogP contribution is 2.37. The second-order valence-corrected chi connectivity index (χ2v) is 11.8. The number of carbonyl (C=O) groups is 1. The van der Waals surface area contributed by atoms with Crippen molar-refractivity contribution in [3.63, 3.8) is 0 Å². The molecule has 0 saturated carbocycles. The van der Waals surface area contributed by atoms with Gasteiger partial charge in [0.25, 0.3) is 0 Å². The summed E-state index contributed by atoms with van der Waals surface area (Å²) in [7, 11) is 1.97. The van der Waals surface area contributed by atoms with Crippen LogP contribution in [0.5, 0.6) is 0 Å². The number of imidazole rings is 1. The molecule has 0 amide bonds. The highest BCUT2D eigenvalue weighted by atomic mass is 32.1. The average Bonchev–Trinajstić information content (AvgIpc) is 3.63. The van der Waals surface area contributed by atoms with E-state index in [1.807, 2.05) is 72.6 Å². The summed E-state index contributed by atoms with van der Waals surface area (Å²) >= 11 is 1.37. The number of rotatable bonds is 8. The number of carboxylic acids is 1. The zero-order valence-corrected chi connectivity index (χ0v) is 25.2. The number of hydrogen-bond donors (Lipinski definition) is 1. The van der Waals surface area contributed by atoms with Gasteiger partial charge < -0.3 is 10.0 Å². The summed E-state index contributed by atoms with van der Waals surface area (Å²) in [4.78, 5) is 34.8. The van der Waals surface area contributed by atoms with E-state index in [0.29, 0.717) is 10.6 Å². The zero-order chi connectivity index (χ0) is 30.1. The van der Waals surface area contributed by atoms with E-state index in [0.717, 1.165) is 82.7 Å². The van der Waals surface area contributed by atoms with Crippen LogP contribution in [-0.2, 0) is 11.2 Å². The number of hydrogen-bond acceptors (Lipinski definition) is 9. The second kappa shape index (κ2) is 11.9. The number of piperidine rings is 1. The Morgan fingerprint density at radius 1 is 1.07 bits per heavy atom. The first kappa shape index (κ1) is 28.5. The summed E-state index contributed by atoms with van der Waals surface area (Å²) < 4.78 is 2.07. The monoisotopic (exact) mass is 592 g/mol. The zero-order valence-electron chi connectivity index (χ0n) is 24.4. The molecule has 5 heterocycles. The van der Waals surface area contributed by atoms with Gasteiger partial charge in [-0.1, -0.05) is 48.1 Å². The number of carboxylic acid groups (broad SMARTS) is 1. The van der Waals surface area contributed by atoms with Crippen LogP contribution in [0.25, 0.3) is 28.0 Å². The minimum atomic E-state index is -0.792. The minimum absolute atomic E-state index is 0.0795. The third-order valence-electron chi connectivity index (χ3n) is 7.96. The minimum Gasteiger partial charge on any atom is -0.480 e. The molecular formula is C32H32N8O2S. The molecular weight excluding hydrogens is 560 g/mol. The molecule has 43 heavy (non-hydrogen) atoms. The molecule has 0 unspecified atom stereocenters. The van der Waals surface area contributed by atoms with Crippen molar-refractivity contribution in [2.45, 2.75) is 39.0 Å². The molecule has 0 spiro atoms. The first-order valence-corrected chi connectivity index (χ1v) is 15.2. The third-order valence-corrected chi connectivity index (χ3v) is 9.00. The molecule has 4 aromatic heterocycles. The van der Waals surface area contributed by atoms with Gasteiger partial charge >= 0.3 is 5.97 Å². The van der Waals surface area contributed by atoms with E-state index in [2.05, 4.69) is 23.6 Å². The SMILES string of the molecule is CCc1nc2ccc(-c3cnc(C4CCN(CC(=O)O)CC4)nc3)cn2c1N(C)c1nc(-c2ccc(C)cc2)c(C#N)s1. The number of aliphatic carboxylic acids is 1. The highest BCUT2D eigenvalue weighted by molar-refractivity contribution is 7.16. The molecule has 0 atom stereocenters. The molecule has 1 N–H and O–H groups in total. The number of thiazole rings is 1. The van der Waals surface area contributed by atoms with Gasteiger partial charge in [-0.25, -0.2) is 19.9 Å². The van der Waals surface area contributed by atoms with Gasteiger partial charge in [0.05, 0.1) is 12.2 Å². The van der Waals surface area contributed by atoms with Gasteiger partial charge in [-0.15, -0.1) is 0 Å². The molecule has 1 aliphatic heterocycles. The van der Waals surface area contributed by atoms with Crippen molar-refractivity contribution in [2.75, 3.05) is 31.6 Å². The van der Waals surface area contributed by atoms with Crippen LogP contribution < -0.4 is 4.90 Å². The lowest BCUT2D eigenvalue weighted by Gasteiger charge is -2.29. The van der Waals surface area contributed by atoms with Crippen molar-refractivity contribution in [3.8, 4) is 28.5 Å². The van der Waals surface area contributed by atoms with Crippen molar-refractivity contribution in [1.29, 1.82) is 5.26 Å². The summed E-state index contributed by atoms with van der Waals surface area (Å²) in [5.41, 5.74) is 6.38. The van der Waals surface area contributed by atoms with Crippen molar-refractivity contribution >= 4 is 33.9 Å². The number of fused-ring (bicyclic) bond motifs is 1. The normalized spacial score (nSPS) is 14.2. The van der Waals surface area contributed by atoms with Crippen molar-refractivity contribution < 1.29 is 9.90 Å². The Labute approximate surface area is 253 Å². The lowest BCUT2D eigenvalue weighted by Crippen LogP contribution is -2.37. The second-order valence-electron chi connectivity index (χ2n) is 10.9. The van der Waals surface area contributed by atoms with Crippen LogP contribution in [0.2, 0.25) is 0 Å². The maximum absolute atomic E-state index is 11.0. The Bertz CT molecular complexity index is 1810. The third kappa shape index (κ3) is 5.71. The van der Waals surface area contributed by atoms with E-state index in [1.54, 1.807) is 0 Å². The fourth-order valence-corrected chi connectivity index (χ4v) is 6.46. The van der Waals surface area contributed by atoms with Gasteiger partial charge in [-0.05, 0) is 51.4 Å². The molecule has 218 valence electrons. The molecule has 1 aliphatic rings. The summed E-state index contributed by atoms with van der Waals surface area (Å²) in [5, 5.41) is 19.7. The molecule has 0 bridgehead atoms. The standard InChI is InChI=1S/C32H32N8O2S/c1-4-25-31(38(3)32-37-29(26(15-33)43-32)21-7-5-20(2)6-8-21)40-18-23(9-10-27(40)36-25)24-16-34-30(35-17-24)22-11-13-39(14-12-22)19-28(41)42/h5-10,16-18,22H,4,11-14,19H2,1-3H3,(H,41,42). The summed E-state index contributed by atoms with van der Waals surface area (Å²) in [5.74, 6) is 1.14. The van der Waals surface area contributed by atoms with Crippen LogP contribution in [0.4, 0.5) is 10.9 Å². The van der Waals surface area contributed by atoms with E-state index in [9.17, 15) is 10.1 Å². The van der Waals surface area contributed by atoms with Gasteiger partial charge in [0.1, 0.15) is 33.9 Å². The van der Waals surface area contributed by atoms with E-state index in [1.165, 1.54) is 11.3 Å². The van der Waals surface area contributed by atoms with Gasteiger partial charge in [0.15, 0.2) is 5.13 Å². The molecule has 5 aromatic rings. The molecule has 6 rings (SSSR count). The first-order chi connectivity index (χ1) is 20.8. The van der Waals surface area contributed by atoms with Crippen LogP contribution in [0.1, 0.15) is 47.6 Å². The number of pyridine rings is 1. The number of nitrogens with zero attached hydrogens (tertiary/aromatic N) is 8. The molecule has 10 nitrogen and oxygen atoms in total. The number of aromatic nitrogens is 5. The Morgan fingerprint density at radius 2 is 1.77 bits per heavy atom. The topological polar surface area (TPSA) is 124 Å². The number of anilines is 2. The van der Waals surface area contributed by atoms with Crippen LogP contribution in [-0.4, -0.2) is 67.0 Å². The fraction of sp³-hybridized carbons (Fsp3) is 0.312. The van der Waals surface area contributed by atoms with Crippen molar-refractivity contribution in [3.05, 3.63) is 76.9 Å². The summed E-state index contributed by atoms with van der Waals surface area (Å²) in [6, 6.07) is 14.4. The molecule has 1 saturated heterocycles. The van der Waals surface area contributed by atoms with Crippen LogP contribution in [0, 0.1) is 18.3 Å². The number of nitriles is 1. The van der Waals surface area contributed by atoms with Crippen molar-refractivity contribution in [2.24, 2.45) is 0 Å². The van der Waals surface area contributed by atoms with Gasteiger partial charge in [0.2, 0.25) is 0 Å². The molecule has 1 fully saturated rings. The Kier molecular flexibility index (Phi) is 7.88.